The minimum Gasteiger partial charge on any atom is -0.322 e. The maximum absolute atomic E-state index is 12.2. The molecule has 3 aromatic rings. The van der Waals surface area contributed by atoms with Crippen LogP contribution in [-0.2, 0) is 0 Å². The Morgan fingerprint density at radius 3 is 3.00 bits per heavy atom. The van der Waals surface area contributed by atoms with Crippen molar-refractivity contribution >= 4 is 60.5 Å². The second-order valence-electron chi connectivity index (χ2n) is 4.12. The van der Waals surface area contributed by atoms with Gasteiger partial charge in [0, 0.05) is 21.1 Å². The van der Waals surface area contributed by atoms with Gasteiger partial charge in [0.1, 0.15) is 5.15 Å². The lowest BCUT2D eigenvalue weighted by Crippen LogP contribution is -2.13. The molecule has 0 saturated heterocycles. The number of benzene rings is 1. The molecule has 3 nitrogen and oxygen atoms in total. The number of anilines is 1. The monoisotopic (exact) mass is 366 g/mol. The number of pyridine rings is 1. The molecule has 1 amide bonds. The average Bonchev–Trinajstić information content (AvgIpc) is 2.89. The van der Waals surface area contributed by atoms with Gasteiger partial charge >= 0.3 is 0 Å². The van der Waals surface area contributed by atoms with Crippen molar-refractivity contribution < 1.29 is 4.79 Å². The molecule has 0 spiro atoms. The van der Waals surface area contributed by atoms with E-state index in [-0.39, 0.29) is 11.1 Å². The molecule has 0 saturated carbocycles. The van der Waals surface area contributed by atoms with Crippen LogP contribution in [0.2, 0.25) is 5.15 Å². The van der Waals surface area contributed by atoms with Crippen LogP contribution in [0, 0.1) is 0 Å². The number of hydrogen-bond acceptors (Lipinski definition) is 3. The van der Waals surface area contributed by atoms with Crippen molar-refractivity contribution in [1.82, 2.24) is 4.98 Å². The van der Waals surface area contributed by atoms with Crippen LogP contribution in [0.3, 0.4) is 0 Å². The fourth-order valence-corrected chi connectivity index (χ4v) is 3.12. The summed E-state index contributed by atoms with van der Waals surface area (Å²) in [6.07, 6.45) is 1.55. The Balaban J connectivity index is 1.89. The van der Waals surface area contributed by atoms with Gasteiger partial charge in [-0.25, -0.2) is 4.98 Å². The molecule has 100 valence electrons. The van der Waals surface area contributed by atoms with Crippen molar-refractivity contribution in [3.8, 4) is 0 Å². The quantitative estimate of drug-likeness (QED) is 0.650. The smallest absolute Gasteiger partial charge is 0.258 e. The van der Waals surface area contributed by atoms with Crippen LogP contribution in [0.25, 0.3) is 10.1 Å². The van der Waals surface area contributed by atoms with E-state index in [0.29, 0.717) is 10.0 Å². The third-order valence-electron chi connectivity index (χ3n) is 2.76. The molecule has 0 aliphatic heterocycles. The van der Waals surface area contributed by atoms with Crippen molar-refractivity contribution in [2.75, 3.05) is 5.32 Å². The molecule has 20 heavy (non-hydrogen) atoms. The zero-order chi connectivity index (χ0) is 14.1. The second-order valence-corrected chi connectivity index (χ2v) is 6.34. The molecule has 0 aliphatic carbocycles. The summed E-state index contributed by atoms with van der Waals surface area (Å²) in [6, 6.07) is 9.45. The highest BCUT2D eigenvalue weighted by Gasteiger charge is 2.12. The predicted molar refractivity (Wildman–Crippen MR) is 86.7 cm³/mol. The normalized spacial score (nSPS) is 10.7. The maximum Gasteiger partial charge on any atom is 0.258 e. The van der Waals surface area contributed by atoms with Gasteiger partial charge in [-0.15, -0.1) is 11.3 Å². The number of nitrogens with zero attached hydrogens (tertiary/aromatic N) is 1. The average molecular weight is 368 g/mol. The summed E-state index contributed by atoms with van der Waals surface area (Å²) in [5.41, 5.74) is 1.07. The molecular weight excluding hydrogens is 360 g/mol. The van der Waals surface area contributed by atoms with E-state index in [4.69, 9.17) is 11.6 Å². The van der Waals surface area contributed by atoms with Crippen molar-refractivity contribution in [3.63, 3.8) is 0 Å². The molecule has 3 rings (SSSR count). The molecule has 0 aliphatic rings. The van der Waals surface area contributed by atoms with E-state index in [1.54, 1.807) is 23.6 Å². The molecule has 1 N–H and O–H groups in total. The number of nitrogens with one attached hydrogen (secondary N) is 1. The SMILES string of the molecule is O=C(Nc1ccc2sccc2c1)c1cc(Br)cnc1Cl. The number of hydrogen-bond donors (Lipinski definition) is 1. The summed E-state index contributed by atoms with van der Waals surface area (Å²) in [5, 5.41) is 6.13. The highest BCUT2D eigenvalue weighted by atomic mass is 79.9. The first-order valence-electron chi connectivity index (χ1n) is 5.73. The van der Waals surface area contributed by atoms with Crippen molar-refractivity contribution in [1.29, 1.82) is 0 Å². The van der Waals surface area contributed by atoms with E-state index in [2.05, 4.69) is 26.2 Å². The van der Waals surface area contributed by atoms with Gasteiger partial charge in [-0.3, -0.25) is 4.79 Å². The van der Waals surface area contributed by atoms with Crippen LogP contribution in [-0.4, -0.2) is 10.9 Å². The fraction of sp³-hybridized carbons (Fsp3) is 0. The molecule has 2 heterocycles. The molecule has 2 aromatic heterocycles. The van der Waals surface area contributed by atoms with E-state index < -0.39 is 0 Å². The van der Waals surface area contributed by atoms with Gasteiger partial charge in [-0.1, -0.05) is 11.6 Å². The van der Waals surface area contributed by atoms with E-state index in [1.807, 2.05) is 29.6 Å². The molecule has 0 atom stereocenters. The molecule has 0 unspecified atom stereocenters. The van der Waals surface area contributed by atoms with Crippen LogP contribution in [0.4, 0.5) is 5.69 Å². The molecule has 0 fully saturated rings. The molecular formula is C14H8BrClN2OS. The number of rotatable bonds is 2. The highest BCUT2D eigenvalue weighted by molar-refractivity contribution is 9.10. The minimum absolute atomic E-state index is 0.183. The fourth-order valence-electron chi connectivity index (χ4n) is 1.82. The third kappa shape index (κ3) is 2.70. The molecule has 1 aromatic carbocycles. The van der Waals surface area contributed by atoms with Crippen LogP contribution < -0.4 is 5.32 Å². The van der Waals surface area contributed by atoms with E-state index >= 15 is 0 Å². The summed E-state index contributed by atoms with van der Waals surface area (Å²) in [4.78, 5) is 16.2. The van der Waals surface area contributed by atoms with Gasteiger partial charge in [-0.05, 0) is 57.0 Å². The summed E-state index contributed by atoms with van der Waals surface area (Å²) < 4.78 is 1.89. The van der Waals surface area contributed by atoms with Gasteiger partial charge in [0.25, 0.3) is 5.91 Å². The predicted octanol–water partition coefficient (Wildman–Crippen LogP) is 4.96. The lowest BCUT2D eigenvalue weighted by atomic mass is 10.2. The Morgan fingerprint density at radius 2 is 2.15 bits per heavy atom. The Morgan fingerprint density at radius 1 is 1.30 bits per heavy atom. The number of aromatic nitrogens is 1. The lowest BCUT2D eigenvalue weighted by molar-refractivity contribution is 0.102. The number of carbonyl (C=O) groups is 1. The van der Waals surface area contributed by atoms with Gasteiger partial charge < -0.3 is 5.32 Å². The van der Waals surface area contributed by atoms with Gasteiger partial charge in [0.2, 0.25) is 0 Å². The first-order valence-corrected chi connectivity index (χ1v) is 7.78. The number of carbonyl (C=O) groups excluding carboxylic acids is 1. The van der Waals surface area contributed by atoms with Crippen LogP contribution >= 0.6 is 38.9 Å². The number of fused-ring (bicyclic) bond motifs is 1. The van der Waals surface area contributed by atoms with Gasteiger partial charge in [0.15, 0.2) is 0 Å². The van der Waals surface area contributed by atoms with Gasteiger partial charge in [0.05, 0.1) is 5.56 Å². The minimum atomic E-state index is -0.279. The first kappa shape index (κ1) is 13.5. The summed E-state index contributed by atoms with van der Waals surface area (Å²) in [5.74, 6) is -0.279. The largest absolute Gasteiger partial charge is 0.322 e. The van der Waals surface area contributed by atoms with Crippen LogP contribution in [0.15, 0.2) is 46.4 Å². The zero-order valence-electron chi connectivity index (χ0n) is 10.1. The lowest BCUT2D eigenvalue weighted by Gasteiger charge is -2.07. The van der Waals surface area contributed by atoms with Crippen LogP contribution in [0.1, 0.15) is 10.4 Å². The Bertz CT molecular complexity index is 803. The van der Waals surface area contributed by atoms with Crippen LogP contribution in [0.5, 0.6) is 0 Å². The van der Waals surface area contributed by atoms with E-state index in [0.717, 1.165) is 11.1 Å². The Kier molecular flexibility index (Phi) is 3.74. The Labute approximate surface area is 132 Å². The standard InChI is InChI=1S/C14H8BrClN2OS/c15-9-6-11(13(16)17-7-9)14(19)18-10-1-2-12-8(5-10)3-4-20-12/h1-7H,(H,18,19). The third-order valence-corrected chi connectivity index (χ3v) is 4.39. The molecule has 0 bridgehead atoms. The first-order chi connectivity index (χ1) is 9.63. The second kappa shape index (κ2) is 5.52. The van der Waals surface area contributed by atoms with Crippen molar-refractivity contribution in [3.05, 3.63) is 57.1 Å². The number of halogens is 2. The highest BCUT2D eigenvalue weighted by Crippen LogP contribution is 2.25. The summed E-state index contributed by atoms with van der Waals surface area (Å²) in [7, 11) is 0. The van der Waals surface area contributed by atoms with E-state index in [1.165, 1.54) is 4.70 Å². The van der Waals surface area contributed by atoms with Gasteiger partial charge in [-0.2, -0.15) is 0 Å². The van der Waals surface area contributed by atoms with E-state index in [9.17, 15) is 4.79 Å². The molecule has 6 heteroatoms. The summed E-state index contributed by atoms with van der Waals surface area (Å²) in [6.45, 7) is 0. The number of amides is 1. The summed E-state index contributed by atoms with van der Waals surface area (Å²) >= 11 is 10.9. The maximum atomic E-state index is 12.2. The zero-order valence-corrected chi connectivity index (χ0v) is 13.2. The topological polar surface area (TPSA) is 42.0 Å². The van der Waals surface area contributed by atoms with Crippen molar-refractivity contribution in [2.24, 2.45) is 0 Å². The Hall–Kier alpha value is -1.43. The molecule has 0 radical (unpaired) electrons. The van der Waals surface area contributed by atoms with Crippen molar-refractivity contribution in [2.45, 2.75) is 0 Å². The number of thiophene rings is 1.